The normalized spacial score (nSPS) is 25.1. The average Bonchev–Trinajstić information content (AvgIpc) is 2.63. The van der Waals surface area contributed by atoms with Gasteiger partial charge in [0.2, 0.25) is 5.28 Å². The van der Waals surface area contributed by atoms with E-state index in [0.29, 0.717) is 17.1 Å². The van der Waals surface area contributed by atoms with Crippen LogP contribution in [0.2, 0.25) is 10.3 Å². The maximum Gasteiger partial charge on any atom is 0.224 e. The molecule has 0 aromatic carbocycles. The van der Waals surface area contributed by atoms with Crippen molar-refractivity contribution in [1.82, 2.24) is 9.97 Å². The van der Waals surface area contributed by atoms with Gasteiger partial charge < -0.3 is 4.90 Å². The van der Waals surface area contributed by atoms with Crippen molar-refractivity contribution in [2.45, 2.75) is 45.2 Å². The van der Waals surface area contributed by atoms with Crippen LogP contribution in [0, 0.1) is 0 Å². The van der Waals surface area contributed by atoms with Crippen LogP contribution in [-0.2, 0) is 0 Å². The van der Waals surface area contributed by atoms with E-state index in [1.54, 1.807) is 6.20 Å². The SMILES string of the molecule is CCC1CCC(C)N1c1nc(Cl)ncc1Cl. The lowest BCUT2D eigenvalue weighted by atomic mass is 10.1. The van der Waals surface area contributed by atoms with E-state index in [1.807, 2.05) is 0 Å². The van der Waals surface area contributed by atoms with Gasteiger partial charge in [0, 0.05) is 12.1 Å². The molecule has 5 heteroatoms. The molecule has 1 saturated heterocycles. The first-order valence-electron chi connectivity index (χ1n) is 5.59. The Bertz CT molecular complexity index is 383. The maximum atomic E-state index is 6.14. The largest absolute Gasteiger partial charge is 0.350 e. The number of halogens is 2. The number of anilines is 1. The molecule has 2 rings (SSSR count). The monoisotopic (exact) mass is 259 g/mol. The molecule has 1 aromatic rings. The van der Waals surface area contributed by atoms with E-state index in [9.17, 15) is 0 Å². The highest BCUT2D eigenvalue weighted by Crippen LogP contribution is 2.34. The predicted molar refractivity (Wildman–Crippen MR) is 67.3 cm³/mol. The molecule has 1 aliphatic rings. The maximum absolute atomic E-state index is 6.14. The standard InChI is InChI=1S/C11H15Cl2N3/c1-3-8-5-4-7(2)16(8)10-9(12)6-14-11(13)15-10/h6-8H,3-5H2,1-2H3. The molecule has 0 saturated carbocycles. The minimum Gasteiger partial charge on any atom is -0.350 e. The number of hydrogen-bond donors (Lipinski definition) is 0. The zero-order valence-electron chi connectivity index (χ0n) is 9.45. The van der Waals surface area contributed by atoms with E-state index < -0.39 is 0 Å². The predicted octanol–water partition coefficient (Wildman–Crippen LogP) is 3.55. The van der Waals surface area contributed by atoms with Crippen molar-refractivity contribution in [2.24, 2.45) is 0 Å². The molecule has 1 aromatic heterocycles. The lowest BCUT2D eigenvalue weighted by molar-refractivity contribution is 0.620. The summed E-state index contributed by atoms with van der Waals surface area (Å²) in [7, 11) is 0. The van der Waals surface area contributed by atoms with Crippen molar-refractivity contribution in [2.75, 3.05) is 4.90 Å². The van der Waals surface area contributed by atoms with Crippen LogP contribution in [0.25, 0.3) is 0 Å². The van der Waals surface area contributed by atoms with Crippen LogP contribution in [0.3, 0.4) is 0 Å². The molecular weight excluding hydrogens is 245 g/mol. The fourth-order valence-corrected chi connectivity index (χ4v) is 2.69. The van der Waals surface area contributed by atoms with Gasteiger partial charge in [-0.25, -0.2) is 4.98 Å². The van der Waals surface area contributed by atoms with Gasteiger partial charge in [0.15, 0.2) is 5.82 Å². The molecule has 1 aliphatic heterocycles. The van der Waals surface area contributed by atoms with Crippen LogP contribution in [-0.4, -0.2) is 22.1 Å². The van der Waals surface area contributed by atoms with Gasteiger partial charge in [0.25, 0.3) is 0 Å². The summed E-state index contributed by atoms with van der Waals surface area (Å²) in [5, 5.41) is 0.838. The third kappa shape index (κ3) is 2.11. The number of aromatic nitrogens is 2. The summed E-state index contributed by atoms with van der Waals surface area (Å²) in [6.07, 6.45) is 5.04. The fourth-order valence-electron chi connectivity index (χ4n) is 2.37. The van der Waals surface area contributed by atoms with Gasteiger partial charge in [-0.05, 0) is 37.8 Å². The van der Waals surface area contributed by atoms with Gasteiger partial charge in [-0.1, -0.05) is 18.5 Å². The number of nitrogens with zero attached hydrogens (tertiary/aromatic N) is 3. The summed E-state index contributed by atoms with van der Waals surface area (Å²) in [6, 6.07) is 0.979. The van der Waals surface area contributed by atoms with E-state index >= 15 is 0 Å². The van der Waals surface area contributed by atoms with Crippen LogP contribution in [0.1, 0.15) is 33.1 Å². The lowest BCUT2D eigenvalue weighted by Crippen LogP contribution is -2.35. The number of rotatable bonds is 2. The van der Waals surface area contributed by atoms with Crippen LogP contribution in [0.15, 0.2) is 6.20 Å². The quantitative estimate of drug-likeness (QED) is 0.761. The molecule has 1 fully saturated rings. The smallest absolute Gasteiger partial charge is 0.224 e. The zero-order chi connectivity index (χ0) is 11.7. The van der Waals surface area contributed by atoms with Crippen molar-refractivity contribution in [3.63, 3.8) is 0 Å². The molecule has 16 heavy (non-hydrogen) atoms. The summed E-state index contributed by atoms with van der Waals surface area (Å²) in [6.45, 7) is 4.38. The summed E-state index contributed by atoms with van der Waals surface area (Å²) >= 11 is 12.0. The Labute approximate surface area is 106 Å². The second-order valence-electron chi connectivity index (χ2n) is 4.21. The van der Waals surface area contributed by atoms with Crippen molar-refractivity contribution >= 4 is 29.0 Å². The molecule has 0 N–H and O–H groups in total. The Hall–Kier alpha value is -0.540. The summed E-state index contributed by atoms with van der Waals surface area (Å²) in [4.78, 5) is 10.4. The Balaban J connectivity index is 2.37. The molecule has 2 heterocycles. The lowest BCUT2D eigenvalue weighted by Gasteiger charge is -2.29. The molecule has 2 atom stereocenters. The number of hydrogen-bond acceptors (Lipinski definition) is 3. The van der Waals surface area contributed by atoms with Crippen molar-refractivity contribution in [3.8, 4) is 0 Å². The van der Waals surface area contributed by atoms with Gasteiger partial charge in [0.05, 0.1) is 6.20 Å². The average molecular weight is 260 g/mol. The van der Waals surface area contributed by atoms with Gasteiger partial charge in [-0.2, -0.15) is 4.98 Å². The Morgan fingerprint density at radius 1 is 1.44 bits per heavy atom. The third-order valence-corrected chi connectivity index (χ3v) is 3.65. The highest BCUT2D eigenvalue weighted by molar-refractivity contribution is 6.33. The zero-order valence-corrected chi connectivity index (χ0v) is 11.0. The summed E-state index contributed by atoms with van der Waals surface area (Å²) in [5.41, 5.74) is 0. The first-order chi connectivity index (χ1) is 7.63. The molecule has 0 amide bonds. The Morgan fingerprint density at radius 3 is 2.88 bits per heavy atom. The highest BCUT2D eigenvalue weighted by Gasteiger charge is 2.31. The minimum absolute atomic E-state index is 0.258. The highest BCUT2D eigenvalue weighted by atomic mass is 35.5. The topological polar surface area (TPSA) is 29.0 Å². The molecule has 0 radical (unpaired) electrons. The van der Waals surface area contributed by atoms with E-state index in [4.69, 9.17) is 23.2 Å². The Morgan fingerprint density at radius 2 is 2.19 bits per heavy atom. The van der Waals surface area contributed by atoms with Gasteiger partial charge in [-0.15, -0.1) is 0 Å². The summed E-state index contributed by atoms with van der Waals surface area (Å²) in [5.74, 6) is 0.776. The van der Waals surface area contributed by atoms with Crippen LogP contribution in [0.5, 0.6) is 0 Å². The van der Waals surface area contributed by atoms with Crippen molar-refractivity contribution in [1.29, 1.82) is 0 Å². The van der Waals surface area contributed by atoms with Crippen molar-refractivity contribution in [3.05, 3.63) is 16.5 Å². The van der Waals surface area contributed by atoms with Crippen LogP contribution in [0.4, 0.5) is 5.82 Å². The van der Waals surface area contributed by atoms with E-state index in [1.165, 1.54) is 12.8 Å². The fraction of sp³-hybridized carbons (Fsp3) is 0.636. The molecule has 0 spiro atoms. The molecule has 88 valence electrons. The minimum atomic E-state index is 0.258. The molecule has 0 bridgehead atoms. The first-order valence-corrected chi connectivity index (χ1v) is 6.35. The van der Waals surface area contributed by atoms with Gasteiger partial charge >= 0.3 is 0 Å². The van der Waals surface area contributed by atoms with E-state index in [0.717, 1.165) is 12.2 Å². The van der Waals surface area contributed by atoms with E-state index in [-0.39, 0.29) is 5.28 Å². The summed E-state index contributed by atoms with van der Waals surface area (Å²) < 4.78 is 0. The molecular formula is C11H15Cl2N3. The first kappa shape index (κ1) is 11.9. The van der Waals surface area contributed by atoms with Crippen molar-refractivity contribution < 1.29 is 0 Å². The molecule has 2 unspecified atom stereocenters. The second kappa shape index (κ2) is 4.76. The van der Waals surface area contributed by atoms with Gasteiger partial charge in [0.1, 0.15) is 5.02 Å². The molecule has 3 nitrogen and oxygen atoms in total. The Kier molecular flexibility index (Phi) is 3.55. The third-order valence-electron chi connectivity index (χ3n) is 3.20. The van der Waals surface area contributed by atoms with Crippen LogP contribution < -0.4 is 4.90 Å². The second-order valence-corrected chi connectivity index (χ2v) is 4.95. The van der Waals surface area contributed by atoms with Gasteiger partial charge in [-0.3, -0.25) is 0 Å². The van der Waals surface area contributed by atoms with Crippen LogP contribution >= 0.6 is 23.2 Å². The van der Waals surface area contributed by atoms with E-state index in [2.05, 4.69) is 28.7 Å². The molecule has 0 aliphatic carbocycles.